The molecule has 1 saturated carbocycles. The van der Waals surface area contributed by atoms with Crippen LogP contribution in [0.4, 0.5) is 0 Å². The Hall–Kier alpha value is -4.35. The highest BCUT2D eigenvalue weighted by Gasteiger charge is 2.59. The topological polar surface area (TPSA) is 259 Å². The zero-order chi connectivity index (χ0) is 34.8. The van der Waals surface area contributed by atoms with Crippen molar-refractivity contribution in [3.63, 3.8) is 0 Å². The van der Waals surface area contributed by atoms with E-state index in [-0.39, 0.29) is 42.3 Å². The molecule has 4 unspecified atom stereocenters. The summed E-state index contributed by atoms with van der Waals surface area (Å²) in [5.41, 5.74) is 2.23. The van der Waals surface area contributed by atoms with Crippen LogP contribution >= 0.6 is 0 Å². The molecule has 0 saturated heterocycles. The number of hydrogen-bond acceptors (Lipinski definition) is 14. The van der Waals surface area contributed by atoms with Gasteiger partial charge in [-0.15, -0.1) is 0 Å². The third-order valence-corrected chi connectivity index (χ3v) is 7.56. The number of ether oxygens (including phenoxy) is 3. The van der Waals surface area contributed by atoms with Crippen molar-refractivity contribution >= 4 is 29.7 Å². The van der Waals surface area contributed by atoms with Gasteiger partial charge in [0.1, 0.15) is 31.5 Å². The van der Waals surface area contributed by atoms with Crippen molar-refractivity contribution in [3.05, 3.63) is 59.2 Å². The number of rotatable bonds is 17. The number of carbonyl (C=O) groups is 3. The maximum Gasteiger partial charge on any atom is 0.336 e. The molecule has 0 bridgehead atoms. The summed E-state index contributed by atoms with van der Waals surface area (Å²) >= 11 is 0. The normalized spacial score (nSPS) is 22.9. The molecule has 0 amide bonds. The van der Waals surface area contributed by atoms with Gasteiger partial charge in [-0.25, -0.2) is 4.79 Å². The third kappa shape index (κ3) is 9.36. The van der Waals surface area contributed by atoms with Crippen molar-refractivity contribution in [2.75, 3.05) is 40.0 Å². The average Bonchev–Trinajstić information content (AvgIpc) is 3.04. The Morgan fingerprint density at radius 1 is 0.979 bits per heavy atom. The molecule has 0 heterocycles. The Morgan fingerprint density at radius 3 is 2.26 bits per heavy atom. The van der Waals surface area contributed by atoms with Crippen LogP contribution in [-0.4, -0.2) is 117 Å². The van der Waals surface area contributed by atoms with E-state index in [9.17, 15) is 50.1 Å². The highest BCUT2D eigenvalue weighted by Crippen LogP contribution is 2.41. The van der Waals surface area contributed by atoms with E-state index >= 15 is 0 Å². The van der Waals surface area contributed by atoms with Crippen molar-refractivity contribution in [1.82, 2.24) is 5.32 Å². The first-order valence-corrected chi connectivity index (χ1v) is 14.5. The minimum atomic E-state index is -2.20. The smallest absolute Gasteiger partial charge is 0.336 e. The molecule has 0 aliphatic heterocycles. The van der Waals surface area contributed by atoms with E-state index in [4.69, 9.17) is 19.9 Å². The first-order valence-electron chi connectivity index (χ1n) is 14.5. The summed E-state index contributed by atoms with van der Waals surface area (Å²) in [5, 5.41) is 73.7. The predicted octanol–water partition coefficient (Wildman–Crippen LogP) is -0.172. The molecule has 1 aliphatic rings. The van der Waals surface area contributed by atoms with Crippen LogP contribution in [0.5, 0.6) is 23.0 Å². The van der Waals surface area contributed by atoms with E-state index in [1.165, 1.54) is 31.3 Å². The molecule has 3 rings (SSSR count). The van der Waals surface area contributed by atoms with E-state index in [2.05, 4.69) is 5.32 Å². The summed E-state index contributed by atoms with van der Waals surface area (Å²) < 4.78 is 16.7. The van der Waals surface area contributed by atoms with Crippen molar-refractivity contribution in [2.24, 2.45) is 5.73 Å². The molecule has 0 radical (unpaired) electrons. The van der Waals surface area contributed by atoms with Crippen LogP contribution in [0, 0.1) is 0 Å². The number of aromatic hydroxyl groups is 3. The number of aliphatic carboxylic acids is 1. The van der Waals surface area contributed by atoms with Gasteiger partial charge in [-0.05, 0) is 60.2 Å². The van der Waals surface area contributed by atoms with Crippen LogP contribution in [0.2, 0.25) is 0 Å². The molecular weight excluding hydrogens is 620 g/mol. The quantitative estimate of drug-likeness (QED) is 0.0788. The molecule has 15 heteroatoms. The molecule has 2 aromatic rings. The number of phenols is 3. The molecule has 1 fully saturated rings. The molecule has 10 N–H and O–H groups in total. The number of carbonyl (C=O) groups excluding carboxylic acids is 2. The number of aliphatic hydroxyl groups excluding tert-OH is 3. The number of phenolic OH excluding ortho intramolecular Hbond substituents is 3. The first kappa shape index (κ1) is 37.1. The van der Waals surface area contributed by atoms with E-state index < -0.39 is 85.1 Å². The number of likely N-dealkylation sites (N-methyl/N-ethyl adjacent to an activating group) is 1. The number of aliphatic hydroxyl groups is 3. The number of hydrogen-bond donors (Lipinski definition) is 9. The molecule has 15 nitrogen and oxygen atoms in total. The van der Waals surface area contributed by atoms with Crippen LogP contribution in [0.3, 0.4) is 0 Å². The summed E-state index contributed by atoms with van der Waals surface area (Å²) in [6.45, 7) is -1.67. The van der Waals surface area contributed by atoms with Gasteiger partial charge in [0.15, 0.2) is 40.2 Å². The fraction of sp³-hybridized carbons (Fsp3) is 0.406. The van der Waals surface area contributed by atoms with Gasteiger partial charge in [0.05, 0.1) is 12.7 Å². The number of nitrogens with one attached hydrogen (secondary N) is 1. The minimum absolute atomic E-state index is 0.173. The number of benzene rings is 2. The highest BCUT2D eigenvalue weighted by atomic mass is 16.5. The van der Waals surface area contributed by atoms with Gasteiger partial charge in [-0.3, -0.25) is 9.59 Å². The molecule has 0 aromatic heterocycles. The largest absolute Gasteiger partial charge is 0.504 e. The summed E-state index contributed by atoms with van der Waals surface area (Å²) in [5.74, 6) is -3.72. The van der Waals surface area contributed by atoms with Crippen molar-refractivity contribution in [2.45, 2.75) is 42.9 Å². The highest BCUT2D eigenvalue weighted by molar-refractivity contribution is 5.95. The van der Waals surface area contributed by atoms with Crippen LogP contribution in [0.25, 0.3) is 12.2 Å². The molecule has 256 valence electrons. The second-order valence-electron chi connectivity index (χ2n) is 11.0. The van der Waals surface area contributed by atoms with E-state index in [0.717, 1.165) is 24.3 Å². The van der Waals surface area contributed by atoms with E-state index in [1.807, 2.05) is 0 Å². The van der Waals surface area contributed by atoms with Crippen LogP contribution in [0.1, 0.15) is 29.5 Å². The third-order valence-electron chi connectivity index (χ3n) is 7.56. The van der Waals surface area contributed by atoms with Gasteiger partial charge in [0, 0.05) is 25.9 Å². The Bertz CT molecular complexity index is 1490. The van der Waals surface area contributed by atoms with Gasteiger partial charge >= 0.3 is 5.97 Å². The number of carboxylic acid groups (broad SMARTS) is 1. The Kier molecular flexibility index (Phi) is 13.0. The maximum atomic E-state index is 12.8. The molecule has 0 spiro atoms. The zero-order valence-corrected chi connectivity index (χ0v) is 25.7. The lowest BCUT2D eigenvalue weighted by atomic mass is 9.71. The first-order chi connectivity index (χ1) is 22.3. The lowest BCUT2D eigenvalue weighted by Crippen LogP contribution is -2.67. The Balaban J connectivity index is 1.75. The summed E-state index contributed by atoms with van der Waals surface area (Å²) in [6.07, 6.45) is 0.353. The lowest BCUT2D eigenvalue weighted by Gasteiger charge is -2.49. The lowest BCUT2D eigenvalue weighted by molar-refractivity contribution is -0.236. The zero-order valence-electron chi connectivity index (χ0n) is 25.7. The average molecular weight is 661 g/mol. The van der Waals surface area contributed by atoms with Crippen molar-refractivity contribution < 1.29 is 64.3 Å². The second-order valence-corrected chi connectivity index (χ2v) is 11.0. The number of carboxylic acids is 1. The van der Waals surface area contributed by atoms with Gasteiger partial charge in [-0.1, -0.05) is 18.2 Å². The van der Waals surface area contributed by atoms with Crippen molar-refractivity contribution in [3.8, 4) is 23.0 Å². The minimum Gasteiger partial charge on any atom is -0.504 e. The molecule has 2 aromatic carbocycles. The monoisotopic (exact) mass is 660 g/mol. The molecule has 4 atom stereocenters. The molecular formula is C32H40N2O13. The predicted molar refractivity (Wildman–Crippen MR) is 167 cm³/mol. The van der Waals surface area contributed by atoms with Crippen LogP contribution in [-0.2, 0) is 30.5 Å². The fourth-order valence-electron chi connectivity index (χ4n) is 5.20. The Labute approximate surface area is 270 Å². The van der Waals surface area contributed by atoms with Gasteiger partial charge < -0.3 is 61.0 Å². The van der Waals surface area contributed by atoms with E-state index in [0.29, 0.717) is 5.56 Å². The number of ketones is 2. The van der Waals surface area contributed by atoms with Gasteiger partial charge in [0.2, 0.25) is 0 Å². The summed E-state index contributed by atoms with van der Waals surface area (Å²) in [6, 6.07) is 6.70. The van der Waals surface area contributed by atoms with Crippen LogP contribution in [0.15, 0.2) is 42.5 Å². The standard InChI is InChI=1S/C32H40N2O13/c1-34-18-32(47-16-23(37)6-4-20-11-24(38)25(39)12-21(20)14-35)17-31(30(43)44,13-27(41)29(32)42)46-15-22(36)5-2-19-3-7-28(26(40)10-19)45-9-8-33/h2-7,10-12,27,29,34-35,38-42H,8-9,13-18,33H2,1H3,(H,43,44). The molecule has 1 aliphatic carbocycles. The van der Waals surface area contributed by atoms with Crippen molar-refractivity contribution in [1.29, 1.82) is 0 Å². The summed E-state index contributed by atoms with van der Waals surface area (Å²) in [7, 11) is 1.49. The fourth-order valence-corrected chi connectivity index (χ4v) is 5.20. The van der Waals surface area contributed by atoms with Crippen LogP contribution < -0.4 is 15.8 Å². The van der Waals surface area contributed by atoms with E-state index in [1.54, 1.807) is 6.07 Å². The second kappa shape index (κ2) is 16.5. The SMILES string of the molecule is CNCC1(OCC(=O)C=Cc2cc(O)c(O)cc2CO)CC(OCC(=O)C=Cc2ccc(OCCN)c(O)c2)(C(=O)O)CC(O)C1O. The maximum absolute atomic E-state index is 12.8. The Morgan fingerprint density at radius 2 is 1.64 bits per heavy atom. The summed E-state index contributed by atoms with van der Waals surface area (Å²) in [4.78, 5) is 38.0. The number of nitrogens with two attached hydrogens (primary N) is 1. The molecule has 47 heavy (non-hydrogen) atoms. The van der Waals surface area contributed by atoms with Gasteiger partial charge in [0.25, 0.3) is 0 Å². The van der Waals surface area contributed by atoms with Gasteiger partial charge in [-0.2, -0.15) is 0 Å².